The van der Waals surface area contributed by atoms with Gasteiger partial charge in [0.05, 0.1) is 41.1 Å². The highest BCUT2D eigenvalue weighted by Crippen LogP contribution is 2.30. The lowest BCUT2D eigenvalue weighted by Gasteiger charge is -2.33. The van der Waals surface area contributed by atoms with Gasteiger partial charge in [0.2, 0.25) is 0 Å². The van der Waals surface area contributed by atoms with Crippen molar-refractivity contribution in [3.05, 3.63) is 65.5 Å². The van der Waals surface area contributed by atoms with Crippen molar-refractivity contribution in [3.8, 4) is 11.3 Å². The minimum absolute atomic E-state index is 0.0618. The molecule has 1 aliphatic rings. The number of anilines is 2. The van der Waals surface area contributed by atoms with Gasteiger partial charge in [0, 0.05) is 25.7 Å². The Morgan fingerprint density at radius 1 is 1.17 bits per heavy atom. The molecular weight excluding hydrogens is 480 g/mol. The van der Waals surface area contributed by atoms with E-state index in [0.717, 1.165) is 16.8 Å². The van der Waals surface area contributed by atoms with E-state index in [9.17, 15) is 23.4 Å². The van der Waals surface area contributed by atoms with Crippen LogP contribution in [0.5, 0.6) is 0 Å². The molecule has 10 heteroatoms. The molecule has 4 rings (SSSR count). The molecule has 0 radical (unpaired) electrons. The lowest BCUT2D eigenvalue weighted by atomic mass is 9.97. The number of ketones is 1. The third-order valence-corrected chi connectivity index (χ3v) is 8.05. The molecule has 1 saturated heterocycles. The van der Waals surface area contributed by atoms with Crippen LogP contribution in [0.1, 0.15) is 48.6 Å². The summed E-state index contributed by atoms with van der Waals surface area (Å²) in [5, 5.41) is 23.5. The fourth-order valence-corrected chi connectivity index (χ4v) is 5.55. The fraction of sp³-hybridized carbons (Fsp3) is 0.385. The molecule has 0 aliphatic carbocycles. The highest BCUT2D eigenvalue weighted by molar-refractivity contribution is 7.91. The zero-order valence-electron chi connectivity index (χ0n) is 20.7. The summed E-state index contributed by atoms with van der Waals surface area (Å²) in [5.74, 6) is 0.482. The number of nitrogens with zero attached hydrogens (tertiary/aromatic N) is 2. The van der Waals surface area contributed by atoms with Gasteiger partial charge in [-0.15, -0.1) is 0 Å². The van der Waals surface area contributed by atoms with Crippen LogP contribution in [-0.4, -0.2) is 70.5 Å². The van der Waals surface area contributed by atoms with Crippen molar-refractivity contribution in [2.24, 2.45) is 0 Å². The molecule has 3 aromatic rings. The van der Waals surface area contributed by atoms with Gasteiger partial charge in [-0.3, -0.25) is 9.69 Å². The largest absolute Gasteiger partial charge is 0.394 e. The van der Waals surface area contributed by atoms with Crippen LogP contribution in [0, 0.1) is 0 Å². The van der Waals surface area contributed by atoms with E-state index in [4.69, 9.17) is 0 Å². The molecule has 1 aromatic carbocycles. The molecule has 0 spiro atoms. The number of benzene rings is 1. The molecule has 1 unspecified atom stereocenters. The van der Waals surface area contributed by atoms with Gasteiger partial charge < -0.3 is 20.5 Å². The molecule has 1 aliphatic heterocycles. The molecular formula is C26H32N4O5S. The number of aromatic nitrogens is 2. The summed E-state index contributed by atoms with van der Waals surface area (Å²) in [6.07, 6.45) is 0. The summed E-state index contributed by atoms with van der Waals surface area (Å²) in [6, 6.07) is 14.3. The van der Waals surface area contributed by atoms with E-state index >= 15 is 0 Å². The summed E-state index contributed by atoms with van der Waals surface area (Å²) in [5.41, 5.74) is 3.03. The van der Waals surface area contributed by atoms with Crippen molar-refractivity contribution < 1.29 is 23.4 Å². The topological polar surface area (TPSA) is 136 Å². The third-order valence-electron chi connectivity index (χ3n) is 6.44. The van der Waals surface area contributed by atoms with Gasteiger partial charge in [-0.1, -0.05) is 30.3 Å². The van der Waals surface area contributed by atoms with Crippen molar-refractivity contribution in [2.75, 3.05) is 36.5 Å². The predicted molar refractivity (Wildman–Crippen MR) is 139 cm³/mol. The average molecular weight is 513 g/mol. The van der Waals surface area contributed by atoms with E-state index < -0.39 is 21.5 Å². The van der Waals surface area contributed by atoms with Crippen LogP contribution in [0.3, 0.4) is 0 Å². The SMILES string of the molecule is CC(=O)c1[nH]c(-c2ccc(C(C)(C)O)cc2)cc1Nc1cccc(C(CO)N2CCS(=O)(=O)CC2)n1. The third kappa shape index (κ3) is 5.84. The Hall–Kier alpha value is -3.05. The van der Waals surface area contributed by atoms with Crippen LogP contribution in [-0.2, 0) is 15.4 Å². The van der Waals surface area contributed by atoms with Crippen LogP contribution >= 0.6 is 0 Å². The summed E-state index contributed by atoms with van der Waals surface area (Å²) < 4.78 is 23.6. The Labute approximate surface area is 211 Å². The number of nitrogens with one attached hydrogen (secondary N) is 2. The highest BCUT2D eigenvalue weighted by Gasteiger charge is 2.28. The standard InChI is InChI=1S/C26H32N4O5S/c1-17(32)25-22(15-21(29-25)18-7-9-19(10-8-18)26(2,3)33)28-24-6-4-5-20(27-24)23(16-31)30-11-13-36(34,35)14-12-30/h4-10,15,23,29,31,33H,11-14,16H2,1-3H3,(H,27,28). The van der Waals surface area contributed by atoms with Gasteiger partial charge in [0.1, 0.15) is 11.5 Å². The lowest BCUT2D eigenvalue weighted by molar-refractivity contribution is 0.0786. The Kier molecular flexibility index (Phi) is 7.33. The number of hydrogen-bond acceptors (Lipinski definition) is 8. The summed E-state index contributed by atoms with van der Waals surface area (Å²) in [7, 11) is -3.04. The second-order valence-electron chi connectivity index (χ2n) is 9.62. The quantitative estimate of drug-likeness (QED) is 0.338. The first kappa shape index (κ1) is 26.0. The smallest absolute Gasteiger partial charge is 0.178 e. The molecule has 3 heterocycles. The Morgan fingerprint density at radius 2 is 1.83 bits per heavy atom. The normalized spacial score (nSPS) is 17.0. The van der Waals surface area contributed by atoms with E-state index in [1.165, 1.54) is 6.92 Å². The van der Waals surface area contributed by atoms with Gasteiger partial charge in [0.25, 0.3) is 0 Å². The van der Waals surface area contributed by atoms with E-state index in [0.29, 0.717) is 36.0 Å². The van der Waals surface area contributed by atoms with Gasteiger partial charge >= 0.3 is 0 Å². The average Bonchev–Trinajstić information content (AvgIpc) is 3.24. The Bertz CT molecular complexity index is 1330. The number of Topliss-reactive ketones (excluding diaryl/α,β-unsaturated/α-hetero) is 1. The van der Waals surface area contributed by atoms with Crippen molar-refractivity contribution in [2.45, 2.75) is 32.4 Å². The number of pyridine rings is 1. The number of H-pyrrole nitrogens is 1. The Balaban J connectivity index is 1.58. The van der Waals surface area contributed by atoms with E-state index in [1.54, 1.807) is 26.0 Å². The first-order chi connectivity index (χ1) is 17.0. The van der Waals surface area contributed by atoms with Crippen molar-refractivity contribution in [1.29, 1.82) is 0 Å². The van der Waals surface area contributed by atoms with Crippen molar-refractivity contribution in [3.63, 3.8) is 0 Å². The number of carbonyl (C=O) groups excluding carboxylic acids is 1. The second kappa shape index (κ2) is 10.1. The second-order valence-corrected chi connectivity index (χ2v) is 11.9. The van der Waals surface area contributed by atoms with Crippen LogP contribution < -0.4 is 5.32 Å². The van der Waals surface area contributed by atoms with E-state index in [2.05, 4.69) is 15.3 Å². The first-order valence-electron chi connectivity index (χ1n) is 11.8. The zero-order valence-corrected chi connectivity index (χ0v) is 21.5. The molecule has 0 saturated carbocycles. The van der Waals surface area contributed by atoms with Gasteiger partial charge in [0.15, 0.2) is 15.6 Å². The zero-order chi connectivity index (χ0) is 26.1. The number of aromatic amines is 1. The number of aliphatic hydroxyl groups is 2. The molecule has 0 bridgehead atoms. The molecule has 192 valence electrons. The maximum absolute atomic E-state index is 12.4. The maximum atomic E-state index is 12.4. The number of rotatable bonds is 8. The number of sulfone groups is 1. The van der Waals surface area contributed by atoms with Crippen LogP contribution in [0.2, 0.25) is 0 Å². The summed E-state index contributed by atoms with van der Waals surface area (Å²) >= 11 is 0. The van der Waals surface area contributed by atoms with E-state index in [-0.39, 0.29) is 23.9 Å². The predicted octanol–water partition coefficient (Wildman–Crippen LogP) is 3.01. The number of carbonyl (C=O) groups is 1. The monoisotopic (exact) mass is 512 g/mol. The minimum atomic E-state index is -3.04. The summed E-state index contributed by atoms with van der Waals surface area (Å²) in [6.45, 7) is 5.42. The van der Waals surface area contributed by atoms with Gasteiger partial charge in [-0.25, -0.2) is 13.4 Å². The number of aliphatic hydroxyl groups excluding tert-OH is 1. The van der Waals surface area contributed by atoms with Crippen molar-refractivity contribution in [1.82, 2.24) is 14.9 Å². The molecule has 0 amide bonds. The molecule has 4 N–H and O–H groups in total. The molecule has 36 heavy (non-hydrogen) atoms. The summed E-state index contributed by atoms with van der Waals surface area (Å²) in [4.78, 5) is 22.1. The van der Waals surface area contributed by atoms with Crippen molar-refractivity contribution >= 4 is 27.1 Å². The van der Waals surface area contributed by atoms with Crippen LogP contribution in [0.15, 0.2) is 48.5 Å². The highest BCUT2D eigenvalue weighted by atomic mass is 32.2. The number of hydrogen-bond donors (Lipinski definition) is 4. The molecule has 9 nitrogen and oxygen atoms in total. The molecule has 1 atom stereocenters. The first-order valence-corrected chi connectivity index (χ1v) is 13.7. The van der Waals surface area contributed by atoms with Gasteiger partial charge in [-0.05, 0) is 43.2 Å². The molecule has 2 aromatic heterocycles. The Morgan fingerprint density at radius 3 is 2.42 bits per heavy atom. The minimum Gasteiger partial charge on any atom is -0.394 e. The fourth-order valence-electron chi connectivity index (χ4n) is 4.32. The van der Waals surface area contributed by atoms with E-state index in [1.807, 2.05) is 41.3 Å². The van der Waals surface area contributed by atoms with Gasteiger partial charge in [-0.2, -0.15) is 0 Å². The lowest BCUT2D eigenvalue weighted by Crippen LogP contribution is -2.43. The molecule has 1 fully saturated rings. The van der Waals surface area contributed by atoms with Crippen LogP contribution in [0.25, 0.3) is 11.3 Å². The van der Waals surface area contributed by atoms with Crippen LogP contribution in [0.4, 0.5) is 11.5 Å². The maximum Gasteiger partial charge on any atom is 0.178 e.